The Balaban J connectivity index is 2.84. The molecule has 1 aromatic carbocycles. The third kappa shape index (κ3) is 2.78. The fourth-order valence-electron chi connectivity index (χ4n) is 1.01. The van der Waals surface area contributed by atoms with Gasteiger partial charge in [-0.15, -0.1) is 4.33 Å². The van der Waals surface area contributed by atoms with E-state index < -0.39 is 0 Å². The molecule has 0 amide bonds. The fraction of sp³-hybridized carbons (Fsp3) is 0.250. The van der Waals surface area contributed by atoms with Crippen molar-refractivity contribution in [2.24, 2.45) is 0 Å². The van der Waals surface area contributed by atoms with Crippen molar-refractivity contribution in [3.63, 3.8) is 0 Å². The van der Waals surface area contributed by atoms with Crippen LogP contribution in [0.3, 0.4) is 0 Å². The molecule has 5 nitrogen and oxygen atoms in total. The first-order chi connectivity index (χ1) is 6.81. The maximum atomic E-state index is 8.04. The van der Waals surface area contributed by atoms with Crippen LogP contribution >= 0.6 is 12.0 Å². The van der Waals surface area contributed by atoms with Crippen molar-refractivity contribution in [3.8, 4) is 0 Å². The number of rotatable bonds is 5. The Labute approximate surface area is 86.5 Å². The summed E-state index contributed by atoms with van der Waals surface area (Å²) < 4.78 is 4.37. The highest BCUT2D eigenvalue weighted by Gasteiger charge is 2.04. The molecule has 0 aliphatic rings. The van der Waals surface area contributed by atoms with E-state index >= 15 is 0 Å². The predicted molar refractivity (Wildman–Crippen MR) is 56.2 cm³/mol. The van der Waals surface area contributed by atoms with Crippen molar-refractivity contribution < 1.29 is 14.6 Å². The zero-order chi connectivity index (χ0) is 10.4. The van der Waals surface area contributed by atoms with E-state index in [2.05, 4.69) is 20.0 Å². The van der Waals surface area contributed by atoms with Gasteiger partial charge in [-0.1, -0.05) is 5.04 Å². The monoisotopic (exact) mass is 216 g/mol. The van der Waals surface area contributed by atoms with Crippen LogP contribution in [0.15, 0.2) is 23.1 Å². The number of benzene rings is 1. The first kappa shape index (κ1) is 11.1. The molecule has 0 saturated heterocycles. The zero-order valence-electron chi connectivity index (χ0n) is 7.90. The molecule has 0 heterocycles. The van der Waals surface area contributed by atoms with Gasteiger partial charge < -0.3 is 10.6 Å². The molecule has 78 valence electrons. The van der Waals surface area contributed by atoms with E-state index in [9.17, 15) is 0 Å². The standard InChI is InChI=1S/C8H12N2O3S/c1-9-6-3-4-7(10-2)8(5-6)14-13-12-11/h3-5,9-11H,1-2H3. The summed E-state index contributed by atoms with van der Waals surface area (Å²) in [5, 5.41) is 17.6. The molecule has 14 heavy (non-hydrogen) atoms. The van der Waals surface area contributed by atoms with Crippen LogP contribution in [-0.4, -0.2) is 19.4 Å². The lowest BCUT2D eigenvalue weighted by molar-refractivity contribution is -0.432. The van der Waals surface area contributed by atoms with Crippen LogP contribution in [-0.2, 0) is 9.37 Å². The summed E-state index contributed by atoms with van der Waals surface area (Å²) in [5.74, 6) is 0. The van der Waals surface area contributed by atoms with Gasteiger partial charge in [-0.2, -0.15) is 0 Å². The molecule has 6 heteroatoms. The van der Waals surface area contributed by atoms with E-state index in [-0.39, 0.29) is 0 Å². The molecule has 0 radical (unpaired) electrons. The average Bonchev–Trinajstić information content (AvgIpc) is 2.25. The summed E-state index contributed by atoms with van der Waals surface area (Å²) in [6, 6.07) is 5.69. The average molecular weight is 216 g/mol. The topological polar surface area (TPSA) is 62.8 Å². The summed E-state index contributed by atoms with van der Waals surface area (Å²) in [7, 11) is 3.63. The highest BCUT2D eigenvalue weighted by molar-refractivity contribution is 7.94. The van der Waals surface area contributed by atoms with Crippen molar-refractivity contribution in [2.75, 3.05) is 24.7 Å². The number of nitrogens with one attached hydrogen (secondary N) is 2. The molecule has 0 aromatic heterocycles. The Morgan fingerprint density at radius 3 is 2.64 bits per heavy atom. The van der Waals surface area contributed by atoms with E-state index in [1.54, 1.807) is 7.05 Å². The van der Waals surface area contributed by atoms with Gasteiger partial charge in [0.05, 0.1) is 22.6 Å². The van der Waals surface area contributed by atoms with Crippen molar-refractivity contribution in [2.45, 2.75) is 4.90 Å². The molecule has 0 bridgehead atoms. The van der Waals surface area contributed by atoms with Crippen molar-refractivity contribution >= 4 is 23.4 Å². The van der Waals surface area contributed by atoms with Gasteiger partial charge in [0.1, 0.15) is 0 Å². The minimum Gasteiger partial charge on any atom is -0.388 e. The van der Waals surface area contributed by atoms with Crippen molar-refractivity contribution in [1.82, 2.24) is 0 Å². The third-order valence-electron chi connectivity index (χ3n) is 1.69. The molecule has 0 saturated carbocycles. The van der Waals surface area contributed by atoms with E-state index in [4.69, 9.17) is 5.26 Å². The first-order valence-electron chi connectivity index (χ1n) is 3.96. The summed E-state index contributed by atoms with van der Waals surface area (Å²) in [5.41, 5.74) is 1.85. The van der Waals surface area contributed by atoms with Crippen molar-refractivity contribution in [1.29, 1.82) is 0 Å². The highest BCUT2D eigenvalue weighted by atomic mass is 32.2. The van der Waals surface area contributed by atoms with Gasteiger partial charge >= 0.3 is 0 Å². The molecule has 0 fully saturated rings. The maximum absolute atomic E-state index is 8.04. The third-order valence-corrected chi connectivity index (χ3v) is 2.34. The molecule has 3 N–H and O–H groups in total. The van der Waals surface area contributed by atoms with Gasteiger partial charge in [-0.25, -0.2) is 5.26 Å². The molecule has 0 unspecified atom stereocenters. The lowest BCUT2D eigenvalue weighted by atomic mass is 10.3. The van der Waals surface area contributed by atoms with Gasteiger partial charge in [0, 0.05) is 19.8 Å². The van der Waals surface area contributed by atoms with Crippen molar-refractivity contribution in [3.05, 3.63) is 18.2 Å². The Kier molecular flexibility index (Phi) is 4.54. The highest BCUT2D eigenvalue weighted by Crippen LogP contribution is 2.30. The van der Waals surface area contributed by atoms with Gasteiger partial charge in [0.25, 0.3) is 0 Å². The summed E-state index contributed by atoms with van der Waals surface area (Å²) >= 11 is 0.926. The van der Waals surface area contributed by atoms with E-state index in [1.807, 2.05) is 25.2 Å². The zero-order valence-corrected chi connectivity index (χ0v) is 8.72. The predicted octanol–water partition coefficient (Wildman–Crippen LogP) is 2.20. The minimum atomic E-state index is 0.813. The number of hydrogen-bond donors (Lipinski definition) is 3. The summed E-state index contributed by atoms with van der Waals surface area (Å²) in [4.78, 5) is 0.813. The molecule has 0 spiro atoms. The van der Waals surface area contributed by atoms with E-state index in [0.717, 1.165) is 28.3 Å². The SMILES string of the molecule is CNc1ccc(NC)c(SOOO)c1. The Morgan fingerprint density at radius 1 is 1.29 bits per heavy atom. The molecule has 0 aliphatic heterocycles. The fourth-order valence-corrected chi connectivity index (χ4v) is 1.54. The normalized spacial score (nSPS) is 9.93. The Morgan fingerprint density at radius 2 is 2.07 bits per heavy atom. The van der Waals surface area contributed by atoms with Crippen LogP contribution in [0.25, 0.3) is 0 Å². The van der Waals surface area contributed by atoms with Crippen LogP contribution in [0, 0.1) is 0 Å². The summed E-state index contributed by atoms with van der Waals surface area (Å²) in [6.07, 6.45) is 0. The molecule has 0 atom stereocenters. The largest absolute Gasteiger partial charge is 0.388 e. The van der Waals surface area contributed by atoms with Crippen LogP contribution in [0.4, 0.5) is 11.4 Å². The van der Waals surface area contributed by atoms with E-state index in [0.29, 0.717) is 0 Å². The smallest absolute Gasteiger partial charge is 0.0737 e. The Hall–Kier alpha value is -0.950. The maximum Gasteiger partial charge on any atom is 0.0737 e. The minimum absolute atomic E-state index is 0.813. The van der Waals surface area contributed by atoms with Gasteiger partial charge in [0.2, 0.25) is 0 Å². The number of anilines is 2. The first-order valence-corrected chi connectivity index (χ1v) is 4.70. The quantitative estimate of drug-likeness (QED) is 0.398. The van der Waals surface area contributed by atoms with E-state index in [1.165, 1.54) is 0 Å². The molecule has 1 aromatic rings. The molecular formula is C8H12N2O3S. The molecule has 0 aliphatic carbocycles. The second-order valence-electron chi connectivity index (χ2n) is 2.44. The lowest BCUT2D eigenvalue weighted by Crippen LogP contribution is -1.94. The lowest BCUT2D eigenvalue weighted by Gasteiger charge is -2.08. The molecular weight excluding hydrogens is 204 g/mol. The van der Waals surface area contributed by atoms with Crippen LogP contribution in [0.5, 0.6) is 0 Å². The van der Waals surface area contributed by atoms with Gasteiger partial charge in [0.15, 0.2) is 0 Å². The van der Waals surface area contributed by atoms with Gasteiger partial charge in [-0.05, 0) is 18.2 Å². The second kappa shape index (κ2) is 5.71. The number of hydrogen-bond acceptors (Lipinski definition) is 6. The molecule has 1 rings (SSSR count). The second-order valence-corrected chi connectivity index (χ2v) is 3.18. The summed E-state index contributed by atoms with van der Waals surface area (Å²) in [6.45, 7) is 0. The van der Waals surface area contributed by atoms with Crippen LogP contribution in [0.2, 0.25) is 0 Å². The van der Waals surface area contributed by atoms with Gasteiger partial charge in [-0.3, -0.25) is 0 Å². The van der Waals surface area contributed by atoms with Crippen LogP contribution in [0.1, 0.15) is 0 Å². The Bertz CT molecular complexity index is 296. The van der Waals surface area contributed by atoms with Crippen LogP contribution < -0.4 is 10.6 Å².